The number of carbonyl (C=O) groups excluding carboxylic acids is 1. The molecule has 1 aliphatic carbocycles. The van der Waals surface area contributed by atoms with Crippen LogP contribution < -0.4 is 15.8 Å². The zero-order chi connectivity index (χ0) is 17.5. The predicted molar refractivity (Wildman–Crippen MR) is 92.1 cm³/mol. The van der Waals surface area contributed by atoms with Crippen LogP contribution in [0.4, 0.5) is 14.5 Å². The quantitative estimate of drug-likeness (QED) is 0.846. The summed E-state index contributed by atoms with van der Waals surface area (Å²) < 4.78 is 34.4. The summed E-state index contributed by atoms with van der Waals surface area (Å²) in [6, 6.07) is 5.78. The molecule has 1 amide bonds. The molecular formula is C17H23ClF2N2O3. The number of hydrogen-bond acceptors (Lipinski definition) is 4. The Hall–Kier alpha value is -1.44. The van der Waals surface area contributed by atoms with Crippen molar-refractivity contribution in [2.24, 2.45) is 17.1 Å². The molecule has 2 aliphatic rings. The molecule has 2 fully saturated rings. The Morgan fingerprint density at radius 2 is 2.00 bits per heavy atom. The highest BCUT2D eigenvalue weighted by Crippen LogP contribution is 2.57. The number of anilines is 1. The van der Waals surface area contributed by atoms with E-state index in [1.54, 1.807) is 0 Å². The van der Waals surface area contributed by atoms with Crippen molar-refractivity contribution in [2.75, 3.05) is 11.9 Å². The van der Waals surface area contributed by atoms with Gasteiger partial charge in [-0.25, -0.2) is 0 Å². The Balaban J connectivity index is 0.00000225. The van der Waals surface area contributed by atoms with Crippen molar-refractivity contribution in [1.82, 2.24) is 0 Å². The fourth-order valence-electron chi connectivity index (χ4n) is 3.99. The summed E-state index contributed by atoms with van der Waals surface area (Å²) in [7, 11) is 0. The van der Waals surface area contributed by atoms with E-state index in [0.717, 1.165) is 12.8 Å². The number of rotatable bonds is 4. The van der Waals surface area contributed by atoms with Crippen LogP contribution in [0.1, 0.15) is 26.7 Å². The molecule has 1 heterocycles. The van der Waals surface area contributed by atoms with Gasteiger partial charge in [-0.2, -0.15) is 8.78 Å². The maximum atomic E-state index is 12.8. The summed E-state index contributed by atoms with van der Waals surface area (Å²) in [6.45, 7) is 1.71. The average Bonchev–Trinajstić information content (AvgIpc) is 2.55. The number of fused-ring (bicyclic) bond motifs is 1. The highest BCUT2D eigenvalue weighted by atomic mass is 35.5. The smallest absolute Gasteiger partial charge is 0.387 e. The van der Waals surface area contributed by atoms with Crippen LogP contribution in [-0.4, -0.2) is 30.8 Å². The molecule has 3 unspecified atom stereocenters. The summed E-state index contributed by atoms with van der Waals surface area (Å²) in [5.74, 6) is -0.250. The molecule has 140 valence electrons. The van der Waals surface area contributed by atoms with Crippen LogP contribution >= 0.6 is 12.4 Å². The van der Waals surface area contributed by atoms with Gasteiger partial charge in [0.2, 0.25) is 5.91 Å². The van der Waals surface area contributed by atoms with Crippen LogP contribution in [-0.2, 0) is 9.53 Å². The monoisotopic (exact) mass is 376 g/mol. The number of nitrogens with two attached hydrogens (primary N) is 1. The lowest BCUT2D eigenvalue weighted by Gasteiger charge is -2.65. The first-order chi connectivity index (χ1) is 11.3. The number of ether oxygens (including phenoxy) is 2. The predicted octanol–water partition coefficient (Wildman–Crippen LogP) is 3.18. The number of halogens is 3. The molecular weight excluding hydrogens is 354 g/mol. The van der Waals surface area contributed by atoms with Gasteiger partial charge >= 0.3 is 6.61 Å². The third kappa shape index (κ3) is 3.20. The minimum atomic E-state index is -2.88. The Bertz CT molecular complexity index is 627. The van der Waals surface area contributed by atoms with Crippen molar-refractivity contribution >= 4 is 24.0 Å². The van der Waals surface area contributed by atoms with E-state index in [4.69, 9.17) is 10.5 Å². The normalized spacial score (nSPS) is 29.8. The van der Waals surface area contributed by atoms with Crippen molar-refractivity contribution < 1.29 is 23.0 Å². The molecule has 0 radical (unpaired) electrons. The minimum absolute atomic E-state index is 0. The number of amides is 1. The molecule has 8 heteroatoms. The average molecular weight is 377 g/mol. The van der Waals surface area contributed by atoms with Crippen molar-refractivity contribution in [2.45, 2.75) is 44.9 Å². The fourth-order valence-corrected chi connectivity index (χ4v) is 3.99. The molecule has 3 atom stereocenters. The maximum absolute atomic E-state index is 12.8. The second-order valence-corrected chi connectivity index (χ2v) is 6.99. The molecule has 3 rings (SSSR count). The number of nitrogens with one attached hydrogen (secondary N) is 1. The van der Waals surface area contributed by atoms with Gasteiger partial charge in [-0.15, -0.1) is 12.4 Å². The number of carbonyl (C=O) groups is 1. The first kappa shape index (κ1) is 19.9. The Labute approximate surface area is 151 Å². The van der Waals surface area contributed by atoms with Crippen LogP contribution in [0.2, 0.25) is 0 Å². The number of hydrogen-bond donors (Lipinski definition) is 2. The van der Waals surface area contributed by atoms with Crippen molar-refractivity contribution in [3.05, 3.63) is 24.3 Å². The van der Waals surface area contributed by atoms with E-state index < -0.39 is 17.6 Å². The first-order valence-corrected chi connectivity index (χ1v) is 8.03. The van der Waals surface area contributed by atoms with E-state index in [1.807, 2.05) is 13.8 Å². The molecule has 1 aliphatic heterocycles. The van der Waals surface area contributed by atoms with Crippen LogP contribution in [0.3, 0.4) is 0 Å². The lowest BCUT2D eigenvalue weighted by molar-refractivity contribution is -0.222. The lowest BCUT2D eigenvalue weighted by Crippen LogP contribution is -2.81. The van der Waals surface area contributed by atoms with E-state index in [-0.39, 0.29) is 36.1 Å². The molecule has 1 saturated carbocycles. The SMILES string of the molecule is CC1(C)C2OCCCC2C1(N)C(=O)Nc1ccc(OC(F)F)cc1.Cl. The Morgan fingerprint density at radius 3 is 2.60 bits per heavy atom. The molecule has 1 aromatic carbocycles. The fraction of sp³-hybridized carbons (Fsp3) is 0.588. The van der Waals surface area contributed by atoms with Gasteiger partial charge in [-0.3, -0.25) is 4.79 Å². The number of benzene rings is 1. The van der Waals surface area contributed by atoms with Crippen LogP contribution in [0.15, 0.2) is 24.3 Å². The van der Waals surface area contributed by atoms with E-state index in [1.165, 1.54) is 24.3 Å². The molecule has 5 nitrogen and oxygen atoms in total. The molecule has 1 aromatic rings. The van der Waals surface area contributed by atoms with Crippen LogP contribution in [0.25, 0.3) is 0 Å². The summed E-state index contributed by atoms with van der Waals surface area (Å²) in [5, 5.41) is 2.79. The third-order valence-corrected chi connectivity index (χ3v) is 5.40. The summed E-state index contributed by atoms with van der Waals surface area (Å²) in [4.78, 5) is 12.8. The van der Waals surface area contributed by atoms with Crippen molar-refractivity contribution in [1.29, 1.82) is 0 Å². The van der Waals surface area contributed by atoms with E-state index in [9.17, 15) is 13.6 Å². The second kappa shape index (κ2) is 7.05. The Morgan fingerprint density at radius 1 is 1.36 bits per heavy atom. The highest BCUT2D eigenvalue weighted by molar-refractivity contribution is 6.00. The van der Waals surface area contributed by atoms with Gasteiger partial charge in [0, 0.05) is 23.6 Å². The number of alkyl halides is 2. The Kier molecular flexibility index (Phi) is 5.61. The minimum Gasteiger partial charge on any atom is -0.435 e. The standard InChI is InChI=1S/C17H22F2N2O3.ClH/c1-16(2)13-12(4-3-9-23-13)17(16,20)14(22)21-10-5-7-11(8-6-10)24-15(18)19;/h5-8,12-13,15H,3-4,9,20H2,1-2H3,(H,21,22);1H. The summed E-state index contributed by atoms with van der Waals surface area (Å²) in [6.07, 6.45) is 1.74. The molecule has 3 N–H and O–H groups in total. The van der Waals surface area contributed by atoms with Gasteiger partial charge in [-0.1, -0.05) is 13.8 Å². The molecule has 25 heavy (non-hydrogen) atoms. The van der Waals surface area contributed by atoms with Crippen LogP contribution in [0.5, 0.6) is 5.75 Å². The zero-order valence-electron chi connectivity index (χ0n) is 14.1. The van der Waals surface area contributed by atoms with Crippen molar-refractivity contribution in [3.63, 3.8) is 0 Å². The second-order valence-electron chi connectivity index (χ2n) is 6.99. The zero-order valence-corrected chi connectivity index (χ0v) is 14.9. The molecule has 0 aromatic heterocycles. The lowest BCUT2D eigenvalue weighted by atomic mass is 9.46. The van der Waals surface area contributed by atoms with Gasteiger partial charge in [-0.05, 0) is 37.1 Å². The third-order valence-electron chi connectivity index (χ3n) is 5.40. The maximum Gasteiger partial charge on any atom is 0.387 e. The van der Waals surface area contributed by atoms with Gasteiger partial charge in [0.15, 0.2) is 0 Å². The van der Waals surface area contributed by atoms with Gasteiger partial charge in [0.1, 0.15) is 11.3 Å². The first-order valence-electron chi connectivity index (χ1n) is 8.03. The summed E-state index contributed by atoms with van der Waals surface area (Å²) in [5.41, 5.74) is 5.51. The van der Waals surface area contributed by atoms with E-state index in [2.05, 4.69) is 10.1 Å². The van der Waals surface area contributed by atoms with E-state index in [0.29, 0.717) is 12.3 Å². The largest absolute Gasteiger partial charge is 0.435 e. The molecule has 1 saturated heterocycles. The van der Waals surface area contributed by atoms with Crippen molar-refractivity contribution in [3.8, 4) is 5.75 Å². The van der Waals surface area contributed by atoms with Gasteiger partial charge in [0.25, 0.3) is 0 Å². The van der Waals surface area contributed by atoms with E-state index >= 15 is 0 Å². The van der Waals surface area contributed by atoms with Gasteiger partial charge in [0.05, 0.1) is 6.10 Å². The van der Waals surface area contributed by atoms with Crippen LogP contribution in [0, 0.1) is 11.3 Å². The summed E-state index contributed by atoms with van der Waals surface area (Å²) >= 11 is 0. The topological polar surface area (TPSA) is 73.6 Å². The molecule has 0 bridgehead atoms. The highest BCUT2D eigenvalue weighted by Gasteiger charge is 2.70. The molecule has 0 spiro atoms. The van der Waals surface area contributed by atoms with Gasteiger partial charge < -0.3 is 20.5 Å².